The van der Waals surface area contributed by atoms with Crippen molar-refractivity contribution in [2.45, 2.75) is 0 Å². The predicted octanol–water partition coefficient (Wildman–Crippen LogP) is 3.78. The molecule has 0 heterocycles. The minimum Gasteiger partial charge on any atom is -0.493 e. The first kappa shape index (κ1) is 14.6. The lowest BCUT2D eigenvalue weighted by atomic mass is 10.1. The first-order chi connectivity index (χ1) is 10.2. The molecule has 0 bridgehead atoms. The van der Waals surface area contributed by atoms with E-state index in [0.717, 1.165) is 5.56 Å². The molecule has 0 saturated heterocycles. The number of methoxy groups -OCH3 is 2. The van der Waals surface area contributed by atoms with E-state index >= 15 is 0 Å². The number of hydrogen-bond acceptors (Lipinski definition) is 4. The number of rotatable bonds is 5. The lowest BCUT2D eigenvalue weighted by Gasteiger charge is -2.08. The minimum absolute atomic E-state index is 0.0279. The Morgan fingerprint density at radius 2 is 1.62 bits per heavy atom. The van der Waals surface area contributed by atoms with E-state index in [0.29, 0.717) is 17.1 Å². The Morgan fingerprint density at radius 3 is 2.19 bits per heavy atom. The van der Waals surface area contributed by atoms with Gasteiger partial charge in [0.25, 0.3) is 5.69 Å². The second kappa shape index (κ2) is 6.56. The zero-order valence-electron chi connectivity index (χ0n) is 11.8. The molecule has 2 rings (SSSR count). The highest BCUT2D eigenvalue weighted by Gasteiger charge is 2.17. The topological polar surface area (TPSA) is 61.6 Å². The van der Waals surface area contributed by atoms with Crippen LogP contribution in [-0.4, -0.2) is 19.1 Å². The number of nitrogens with zero attached hydrogens (tertiary/aromatic N) is 1. The summed E-state index contributed by atoms with van der Waals surface area (Å²) in [7, 11) is 2.94. The summed E-state index contributed by atoms with van der Waals surface area (Å²) in [5.41, 5.74) is 1.39. The largest absolute Gasteiger partial charge is 0.493 e. The Labute approximate surface area is 122 Å². The van der Waals surface area contributed by atoms with Crippen molar-refractivity contribution < 1.29 is 14.4 Å². The summed E-state index contributed by atoms with van der Waals surface area (Å²) >= 11 is 0. The summed E-state index contributed by atoms with van der Waals surface area (Å²) in [4.78, 5) is 10.7. The first-order valence-corrected chi connectivity index (χ1v) is 6.29. The molecule has 0 aliphatic heterocycles. The number of hydrogen-bond donors (Lipinski definition) is 0. The quantitative estimate of drug-likeness (QED) is 0.476. The van der Waals surface area contributed by atoms with Crippen LogP contribution in [0.4, 0.5) is 5.69 Å². The van der Waals surface area contributed by atoms with Crippen LogP contribution in [0.5, 0.6) is 11.5 Å². The molecule has 5 nitrogen and oxygen atoms in total. The maximum absolute atomic E-state index is 11.2. The molecule has 0 unspecified atom stereocenters. The monoisotopic (exact) mass is 285 g/mol. The number of ether oxygens (including phenoxy) is 2. The molecule has 0 aliphatic carbocycles. The van der Waals surface area contributed by atoms with Gasteiger partial charge in [-0.1, -0.05) is 36.4 Å². The van der Waals surface area contributed by atoms with E-state index in [1.807, 2.05) is 36.4 Å². The van der Waals surface area contributed by atoms with Crippen LogP contribution in [0.3, 0.4) is 0 Å². The van der Waals surface area contributed by atoms with Gasteiger partial charge in [0.05, 0.1) is 30.8 Å². The van der Waals surface area contributed by atoms with Crippen LogP contribution in [0.2, 0.25) is 0 Å². The molecular formula is C16H15NO4. The third kappa shape index (κ3) is 3.39. The van der Waals surface area contributed by atoms with Crippen molar-refractivity contribution in [2.75, 3.05) is 14.2 Å². The second-order valence-corrected chi connectivity index (χ2v) is 4.27. The van der Waals surface area contributed by atoms with Crippen molar-refractivity contribution in [1.29, 1.82) is 0 Å². The molecule has 108 valence electrons. The average Bonchev–Trinajstić information content (AvgIpc) is 2.52. The van der Waals surface area contributed by atoms with Gasteiger partial charge in [0.1, 0.15) is 0 Å². The van der Waals surface area contributed by atoms with Gasteiger partial charge in [-0.05, 0) is 17.7 Å². The summed E-state index contributed by atoms with van der Waals surface area (Å²) in [6.45, 7) is 0. The van der Waals surface area contributed by atoms with Gasteiger partial charge in [0.2, 0.25) is 0 Å². The van der Waals surface area contributed by atoms with Crippen LogP contribution in [0.25, 0.3) is 12.2 Å². The summed E-state index contributed by atoms with van der Waals surface area (Å²) in [5, 5.41) is 11.2. The Morgan fingerprint density at radius 1 is 1.00 bits per heavy atom. The van der Waals surface area contributed by atoms with E-state index < -0.39 is 4.92 Å². The van der Waals surface area contributed by atoms with E-state index in [1.165, 1.54) is 20.3 Å². The molecule has 0 aromatic heterocycles. The Hall–Kier alpha value is -2.82. The molecule has 0 atom stereocenters. The lowest BCUT2D eigenvalue weighted by Crippen LogP contribution is -1.96. The fourth-order valence-corrected chi connectivity index (χ4v) is 1.93. The Kier molecular flexibility index (Phi) is 4.56. The van der Waals surface area contributed by atoms with Gasteiger partial charge in [0, 0.05) is 0 Å². The standard InChI is InChI=1S/C16H15NO4/c1-20-15-10-13(9-8-12-6-4-3-5-7-12)14(17(18)19)11-16(15)21-2/h3-11H,1-2H3/b9-8+. The van der Waals surface area contributed by atoms with Gasteiger partial charge in [-0.15, -0.1) is 0 Å². The number of benzene rings is 2. The Bertz CT molecular complexity index is 665. The van der Waals surface area contributed by atoms with Gasteiger partial charge in [0.15, 0.2) is 11.5 Å². The SMILES string of the molecule is COc1cc(/C=C/c2ccccc2)c([N+](=O)[O-])cc1OC. The van der Waals surface area contributed by atoms with Gasteiger partial charge in [-0.3, -0.25) is 10.1 Å². The highest BCUT2D eigenvalue weighted by Crippen LogP contribution is 2.35. The number of nitro groups is 1. The van der Waals surface area contributed by atoms with Gasteiger partial charge >= 0.3 is 0 Å². The zero-order valence-corrected chi connectivity index (χ0v) is 11.8. The molecule has 0 fully saturated rings. The van der Waals surface area contributed by atoms with E-state index in [1.54, 1.807) is 12.1 Å². The fourth-order valence-electron chi connectivity index (χ4n) is 1.93. The van der Waals surface area contributed by atoms with Gasteiger partial charge < -0.3 is 9.47 Å². The molecule has 5 heteroatoms. The molecule has 0 saturated carbocycles. The molecule has 2 aromatic rings. The van der Waals surface area contributed by atoms with Crippen LogP contribution >= 0.6 is 0 Å². The molecule has 0 radical (unpaired) electrons. The number of nitro benzene ring substituents is 1. The molecule has 0 N–H and O–H groups in total. The van der Waals surface area contributed by atoms with Crippen LogP contribution < -0.4 is 9.47 Å². The van der Waals surface area contributed by atoms with E-state index in [2.05, 4.69) is 0 Å². The molecule has 0 spiro atoms. The summed E-state index contributed by atoms with van der Waals surface area (Å²) < 4.78 is 10.3. The third-order valence-corrected chi connectivity index (χ3v) is 2.98. The normalized spacial score (nSPS) is 10.6. The summed E-state index contributed by atoms with van der Waals surface area (Å²) in [6, 6.07) is 12.5. The van der Waals surface area contributed by atoms with Gasteiger partial charge in [-0.25, -0.2) is 0 Å². The van der Waals surface area contributed by atoms with Crippen molar-refractivity contribution in [1.82, 2.24) is 0 Å². The highest BCUT2D eigenvalue weighted by atomic mass is 16.6. The van der Waals surface area contributed by atoms with Crippen molar-refractivity contribution in [3.63, 3.8) is 0 Å². The average molecular weight is 285 g/mol. The smallest absolute Gasteiger partial charge is 0.280 e. The van der Waals surface area contributed by atoms with Crippen LogP contribution in [0.1, 0.15) is 11.1 Å². The maximum atomic E-state index is 11.2. The molecular weight excluding hydrogens is 270 g/mol. The van der Waals surface area contributed by atoms with Crippen molar-refractivity contribution in [3.8, 4) is 11.5 Å². The van der Waals surface area contributed by atoms with E-state index in [4.69, 9.17) is 9.47 Å². The van der Waals surface area contributed by atoms with Crippen LogP contribution in [0, 0.1) is 10.1 Å². The molecule has 0 aliphatic rings. The summed E-state index contributed by atoms with van der Waals surface area (Å²) in [5.74, 6) is 0.789. The van der Waals surface area contributed by atoms with E-state index in [9.17, 15) is 10.1 Å². The first-order valence-electron chi connectivity index (χ1n) is 6.29. The summed E-state index contributed by atoms with van der Waals surface area (Å²) in [6.07, 6.45) is 3.50. The Balaban J connectivity index is 2.46. The van der Waals surface area contributed by atoms with Crippen LogP contribution in [0.15, 0.2) is 42.5 Å². The highest BCUT2D eigenvalue weighted by molar-refractivity contribution is 5.76. The minimum atomic E-state index is -0.438. The second-order valence-electron chi connectivity index (χ2n) is 4.27. The molecule has 2 aromatic carbocycles. The van der Waals surface area contributed by atoms with Gasteiger partial charge in [-0.2, -0.15) is 0 Å². The fraction of sp³-hybridized carbons (Fsp3) is 0.125. The molecule has 21 heavy (non-hydrogen) atoms. The molecule has 0 amide bonds. The van der Waals surface area contributed by atoms with Crippen molar-refractivity contribution >= 4 is 17.8 Å². The van der Waals surface area contributed by atoms with E-state index in [-0.39, 0.29) is 5.69 Å². The van der Waals surface area contributed by atoms with Crippen LogP contribution in [-0.2, 0) is 0 Å². The maximum Gasteiger partial charge on any atom is 0.280 e. The van der Waals surface area contributed by atoms with Crippen molar-refractivity contribution in [2.24, 2.45) is 0 Å². The third-order valence-electron chi connectivity index (χ3n) is 2.98. The zero-order chi connectivity index (χ0) is 15.2. The predicted molar refractivity (Wildman–Crippen MR) is 81.6 cm³/mol. The lowest BCUT2D eigenvalue weighted by molar-refractivity contribution is -0.385. The van der Waals surface area contributed by atoms with Crippen molar-refractivity contribution in [3.05, 3.63) is 63.7 Å².